The minimum absolute atomic E-state index is 0.929. The minimum atomic E-state index is 0.929. The van der Waals surface area contributed by atoms with E-state index in [-0.39, 0.29) is 0 Å². The molecule has 0 saturated carbocycles. The van der Waals surface area contributed by atoms with Gasteiger partial charge in [-0.3, -0.25) is 0 Å². The number of anilines is 2. The molecule has 1 aliphatic heterocycles. The first kappa shape index (κ1) is 14.9. The summed E-state index contributed by atoms with van der Waals surface area (Å²) < 4.78 is 5.92. The van der Waals surface area contributed by atoms with E-state index in [1.54, 1.807) is 11.5 Å². The van der Waals surface area contributed by atoms with Crippen LogP contribution in [0.25, 0.3) is 16.2 Å². The van der Waals surface area contributed by atoms with E-state index in [4.69, 9.17) is 0 Å². The first-order valence-electron chi connectivity index (χ1n) is 8.78. The Morgan fingerprint density at radius 2 is 1.92 bits per heavy atom. The van der Waals surface area contributed by atoms with E-state index in [1.165, 1.54) is 32.7 Å². The van der Waals surface area contributed by atoms with Crippen LogP contribution >= 0.6 is 11.5 Å². The molecule has 0 unspecified atom stereocenters. The van der Waals surface area contributed by atoms with Crippen LogP contribution in [0.1, 0.15) is 11.3 Å². The Morgan fingerprint density at radius 3 is 2.84 bits per heavy atom. The fourth-order valence-electron chi connectivity index (χ4n) is 3.77. The minimum Gasteiger partial charge on any atom is -0.367 e. The van der Waals surface area contributed by atoms with Crippen LogP contribution < -0.4 is 15.5 Å². The molecule has 126 valence electrons. The van der Waals surface area contributed by atoms with E-state index in [2.05, 4.69) is 68.4 Å². The molecule has 1 saturated heterocycles. The van der Waals surface area contributed by atoms with Crippen molar-refractivity contribution < 1.29 is 0 Å². The van der Waals surface area contributed by atoms with Crippen LogP contribution in [0.5, 0.6) is 0 Å². The SMILES string of the molecule is C1=C(Nc2ccccc2N2CCNCC2)Cc2cccc3snc1c23. The van der Waals surface area contributed by atoms with Gasteiger partial charge in [-0.2, -0.15) is 4.37 Å². The van der Waals surface area contributed by atoms with E-state index < -0.39 is 0 Å². The van der Waals surface area contributed by atoms with Gasteiger partial charge in [0.1, 0.15) is 0 Å². The van der Waals surface area contributed by atoms with E-state index in [9.17, 15) is 0 Å². The number of allylic oxidation sites excluding steroid dienone is 1. The van der Waals surface area contributed by atoms with Crippen LogP contribution in [0.4, 0.5) is 11.4 Å². The molecule has 0 bridgehead atoms. The lowest BCUT2D eigenvalue weighted by atomic mass is 9.98. The second kappa shape index (κ2) is 6.17. The van der Waals surface area contributed by atoms with Crippen LogP contribution in [0, 0.1) is 0 Å². The number of hydrogen-bond acceptors (Lipinski definition) is 5. The molecule has 0 amide bonds. The van der Waals surface area contributed by atoms with Gasteiger partial charge in [-0.1, -0.05) is 24.3 Å². The van der Waals surface area contributed by atoms with Crippen molar-refractivity contribution in [2.24, 2.45) is 0 Å². The van der Waals surface area contributed by atoms with Crippen molar-refractivity contribution in [3.63, 3.8) is 0 Å². The molecule has 2 aliphatic rings. The van der Waals surface area contributed by atoms with Crippen molar-refractivity contribution >= 4 is 39.1 Å². The van der Waals surface area contributed by atoms with Crippen LogP contribution in [0.2, 0.25) is 0 Å². The van der Waals surface area contributed by atoms with Crippen molar-refractivity contribution in [1.82, 2.24) is 9.69 Å². The Balaban J connectivity index is 1.48. The average molecular weight is 348 g/mol. The maximum Gasteiger partial charge on any atom is 0.0867 e. The van der Waals surface area contributed by atoms with Gasteiger partial charge in [-0.25, -0.2) is 0 Å². The second-order valence-electron chi connectivity index (χ2n) is 6.58. The lowest BCUT2D eigenvalue weighted by Gasteiger charge is -2.31. The zero-order valence-electron chi connectivity index (χ0n) is 14.0. The number of piperazine rings is 1. The summed E-state index contributed by atoms with van der Waals surface area (Å²) in [5.41, 5.74) is 6.15. The highest BCUT2D eigenvalue weighted by atomic mass is 32.1. The summed E-state index contributed by atoms with van der Waals surface area (Å²) in [7, 11) is 0. The highest BCUT2D eigenvalue weighted by Crippen LogP contribution is 2.35. The lowest BCUT2D eigenvalue weighted by molar-refractivity contribution is 0.589. The van der Waals surface area contributed by atoms with Gasteiger partial charge in [-0.05, 0) is 41.4 Å². The number of rotatable bonds is 3. The van der Waals surface area contributed by atoms with Gasteiger partial charge in [0, 0.05) is 43.7 Å². The average Bonchev–Trinajstić information content (AvgIpc) is 3.08. The predicted molar refractivity (Wildman–Crippen MR) is 106 cm³/mol. The van der Waals surface area contributed by atoms with Gasteiger partial charge in [-0.15, -0.1) is 0 Å². The van der Waals surface area contributed by atoms with E-state index >= 15 is 0 Å². The first-order chi connectivity index (χ1) is 12.4. The van der Waals surface area contributed by atoms with E-state index in [1.807, 2.05) is 0 Å². The number of nitrogens with one attached hydrogen (secondary N) is 2. The van der Waals surface area contributed by atoms with Gasteiger partial charge in [0.2, 0.25) is 0 Å². The Hall–Kier alpha value is -2.37. The topological polar surface area (TPSA) is 40.2 Å². The normalized spacial score (nSPS) is 16.8. The van der Waals surface area contributed by atoms with Crippen molar-refractivity contribution in [3.05, 3.63) is 59.4 Å². The van der Waals surface area contributed by atoms with Gasteiger partial charge in [0.15, 0.2) is 0 Å². The van der Waals surface area contributed by atoms with Crippen molar-refractivity contribution in [2.45, 2.75) is 6.42 Å². The highest BCUT2D eigenvalue weighted by Gasteiger charge is 2.18. The van der Waals surface area contributed by atoms with Gasteiger partial charge in [0.05, 0.1) is 21.8 Å². The summed E-state index contributed by atoms with van der Waals surface area (Å²) in [5, 5.41) is 8.44. The zero-order valence-corrected chi connectivity index (χ0v) is 14.8. The third-order valence-corrected chi connectivity index (χ3v) is 5.78. The van der Waals surface area contributed by atoms with E-state index in [0.717, 1.165) is 38.3 Å². The Labute approximate surface area is 151 Å². The van der Waals surface area contributed by atoms with Gasteiger partial charge >= 0.3 is 0 Å². The summed E-state index contributed by atoms with van der Waals surface area (Å²) in [6.07, 6.45) is 3.14. The molecule has 2 aromatic carbocycles. The standard InChI is InChI=1S/C20H20N4S/c1-2-6-18(24-10-8-21-9-11-24)16(5-1)22-15-12-14-4-3-7-19-20(14)17(13-15)23-25-19/h1-7,13,21-22H,8-12H2. The molecule has 0 atom stereocenters. The Kier molecular flexibility index (Phi) is 3.68. The van der Waals surface area contributed by atoms with Gasteiger partial charge in [0.25, 0.3) is 0 Å². The van der Waals surface area contributed by atoms with Crippen LogP contribution in [-0.2, 0) is 6.42 Å². The molecule has 1 aliphatic carbocycles. The largest absolute Gasteiger partial charge is 0.367 e. The van der Waals surface area contributed by atoms with Crippen molar-refractivity contribution in [1.29, 1.82) is 0 Å². The monoisotopic (exact) mass is 348 g/mol. The summed E-state index contributed by atoms with van der Waals surface area (Å²) >= 11 is 1.59. The molecule has 5 heteroatoms. The lowest BCUT2D eigenvalue weighted by Crippen LogP contribution is -2.43. The molecular formula is C20H20N4S. The Bertz CT molecular complexity index is 953. The van der Waals surface area contributed by atoms with Gasteiger partial charge < -0.3 is 15.5 Å². The summed E-state index contributed by atoms with van der Waals surface area (Å²) in [5.74, 6) is 0. The maximum absolute atomic E-state index is 4.64. The number of para-hydroxylation sites is 2. The molecule has 25 heavy (non-hydrogen) atoms. The van der Waals surface area contributed by atoms with E-state index in [0.29, 0.717) is 0 Å². The number of aromatic nitrogens is 1. The third kappa shape index (κ3) is 2.69. The molecule has 1 aromatic heterocycles. The summed E-state index contributed by atoms with van der Waals surface area (Å²) in [4.78, 5) is 2.46. The molecule has 0 spiro atoms. The fourth-order valence-corrected chi connectivity index (χ4v) is 4.58. The fraction of sp³-hybridized carbons (Fsp3) is 0.250. The summed E-state index contributed by atoms with van der Waals surface area (Å²) in [6, 6.07) is 15.1. The Morgan fingerprint density at radius 1 is 1.04 bits per heavy atom. The maximum atomic E-state index is 4.64. The number of nitrogens with zero attached hydrogens (tertiary/aromatic N) is 2. The molecule has 2 N–H and O–H groups in total. The smallest absolute Gasteiger partial charge is 0.0867 e. The quantitative estimate of drug-likeness (QED) is 0.757. The predicted octanol–water partition coefficient (Wildman–Crippen LogP) is 3.72. The zero-order chi connectivity index (χ0) is 16.6. The van der Waals surface area contributed by atoms with Crippen molar-refractivity contribution in [2.75, 3.05) is 36.4 Å². The van der Waals surface area contributed by atoms with Crippen LogP contribution in [-0.4, -0.2) is 30.6 Å². The molecule has 4 nitrogen and oxygen atoms in total. The first-order valence-corrected chi connectivity index (χ1v) is 9.55. The molecule has 1 fully saturated rings. The van der Waals surface area contributed by atoms with Crippen molar-refractivity contribution in [3.8, 4) is 0 Å². The molecule has 3 aromatic rings. The van der Waals surface area contributed by atoms with Crippen LogP contribution in [0.3, 0.4) is 0 Å². The highest BCUT2D eigenvalue weighted by molar-refractivity contribution is 7.13. The molecule has 5 rings (SSSR count). The third-order valence-electron chi connectivity index (χ3n) is 4.96. The number of benzene rings is 2. The summed E-state index contributed by atoms with van der Waals surface area (Å²) in [6.45, 7) is 4.18. The second-order valence-corrected chi connectivity index (χ2v) is 7.39. The molecular weight excluding hydrogens is 328 g/mol. The number of hydrogen-bond donors (Lipinski definition) is 2. The van der Waals surface area contributed by atoms with Crippen LogP contribution in [0.15, 0.2) is 48.2 Å². The molecule has 0 radical (unpaired) electrons. The molecule has 2 heterocycles.